The molecular formula is C5H16N2O. The summed E-state index contributed by atoms with van der Waals surface area (Å²) in [4.78, 5) is 8.81. The molecule has 0 atom stereocenters. The fourth-order valence-electron chi connectivity index (χ4n) is 0. The maximum Gasteiger partial charge on any atom is 0.116 e. The van der Waals surface area contributed by atoms with Crippen molar-refractivity contribution in [1.82, 2.24) is 5.32 Å². The number of hydrogen-bond donors (Lipinski definition) is 2. The van der Waals surface area contributed by atoms with Crippen molar-refractivity contribution >= 4 is 6.29 Å². The fraction of sp³-hybridized carbons (Fsp3) is 0.800. The first kappa shape index (κ1) is 15.6. The van der Waals surface area contributed by atoms with Crippen LogP contribution in [0.1, 0.15) is 6.92 Å². The van der Waals surface area contributed by atoms with Gasteiger partial charge in [0.05, 0.1) is 0 Å². The van der Waals surface area contributed by atoms with Crippen LogP contribution in [0.25, 0.3) is 0 Å². The molecule has 0 heterocycles. The molecule has 0 aliphatic rings. The first-order valence-electron chi connectivity index (χ1n) is 2.39. The highest BCUT2D eigenvalue weighted by atomic mass is 16.1. The van der Waals surface area contributed by atoms with Crippen LogP contribution in [0.2, 0.25) is 0 Å². The molecule has 3 N–H and O–H groups in total. The first-order chi connectivity index (χ1) is 3.83. The lowest BCUT2D eigenvalue weighted by atomic mass is 11.0. The summed E-state index contributed by atoms with van der Waals surface area (Å²) in [6.07, 6.45) is 0.750. The van der Waals surface area contributed by atoms with Crippen molar-refractivity contribution in [3.05, 3.63) is 0 Å². The average Bonchev–Trinajstić information content (AvgIpc) is 1.75. The molecule has 0 amide bonds. The van der Waals surface area contributed by atoms with Crippen molar-refractivity contribution < 1.29 is 4.79 Å². The highest BCUT2D eigenvalue weighted by Gasteiger charge is 1.25. The van der Waals surface area contributed by atoms with Crippen LogP contribution in [0.5, 0.6) is 0 Å². The Morgan fingerprint density at radius 1 is 1.38 bits per heavy atom. The van der Waals surface area contributed by atoms with Gasteiger partial charge in [0.15, 0.2) is 0 Å². The Balaban J connectivity index is -0.0000000483. The maximum atomic E-state index is 8.81. The van der Waals surface area contributed by atoms with E-state index in [2.05, 4.69) is 11.1 Å². The van der Waals surface area contributed by atoms with Crippen LogP contribution in [0.3, 0.4) is 0 Å². The van der Waals surface area contributed by atoms with Crippen LogP contribution >= 0.6 is 0 Å². The lowest BCUT2D eigenvalue weighted by Gasteiger charge is -1.59. The van der Waals surface area contributed by atoms with E-state index < -0.39 is 0 Å². The molecule has 0 aromatic heterocycles. The molecule has 0 saturated heterocycles. The van der Waals surface area contributed by atoms with Gasteiger partial charge in [-0.1, -0.05) is 0 Å². The Kier molecular flexibility index (Phi) is 159. The van der Waals surface area contributed by atoms with Crippen LogP contribution in [0, 0.1) is 0 Å². The Labute approximate surface area is 51.3 Å². The van der Waals surface area contributed by atoms with Gasteiger partial charge in [0.25, 0.3) is 0 Å². The molecule has 0 radical (unpaired) electrons. The predicted octanol–water partition coefficient (Wildman–Crippen LogP) is -0.384. The highest BCUT2D eigenvalue weighted by molar-refractivity contribution is 5.44. The van der Waals surface area contributed by atoms with Crippen molar-refractivity contribution in [2.24, 2.45) is 5.73 Å². The summed E-state index contributed by atoms with van der Waals surface area (Å²) in [5, 5.41) is 2.75. The van der Waals surface area contributed by atoms with E-state index in [0.717, 1.165) is 6.29 Å². The third-order valence-electron chi connectivity index (χ3n) is 0. The zero-order valence-electron chi connectivity index (χ0n) is 6.06. The van der Waals surface area contributed by atoms with E-state index in [1.54, 1.807) is 0 Å². The topological polar surface area (TPSA) is 55.1 Å². The first-order valence-corrected chi connectivity index (χ1v) is 2.39. The van der Waals surface area contributed by atoms with Crippen LogP contribution in [-0.2, 0) is 4.79 Å². The van der Waals surface area contributed by atoms with Crippen LogP contribution in [-0.4, -0.2) is 27.4 Å². The molecule has 0 aliphatic heterocycles. The summed E-state index contributed by atoms with van der Waals surface area (Å²) in [5.74, 6) is 0. The van der Waals surface area contributed by atoms with Gasteiger partial charge in [-0.25, -0.2) is 0 Å². The second-order valence-corrected chi connectivity index (χ2v) is 0.736. The van der Waals surface area contributed by atoms with E-state index in [4.69, 9.17) is 4.79 Å². The Morgan fingerprint density at radius 2 is 1.38 bits per heavy atom. The number of carbonyl (C=O) groups is 1. The number of carbonyl (C=O) groups excluding carboxylic acids is 1. The van der Waals surface area contributed by atoms with E-state index >= 15 is 0 Å². The smallest absolute Gasteiger partial charge is 0.116 e. The third-order valence-corrected chi connectivity index (χ3v) is 0. The number of rotatable bonds is 0. The van der Waals surface area contributed by atoms with E-state index in [1.165, 1.54) is 14.0 Å². The molecule has 0 bridgehead atoms. The minimum Gasteiger partial charge on any atom is -0.333 e. The summed E-state index contributed by atoms with van der Waals surface area (Å²) in [5.41, 5.74) is 4.50. The Bertz CT molecular complexity index is 24.4. The largest absolute Gasteiger partial charge is 0.333 e. The molecule has 0 aromatic carbocycles. The predicted molar refractivity (Wildman–Crippen MR) is 36.8 cm³/mol. The second kappa shape index (κ2) is 81.5. The van der Waals surface area contributed by atoms with Gasteiger partial charge in [-0.15, -0.1) is 0 Å². The molecule has 0 saturated carbocycles. The molecule has 0 aromatic rings. The number of nitrogens with two attached hydrogens (primary N) is 1. The Hall–Kier alpha value is -0.410. The summed E-state index contributed by atoms with van der Waals surface area (Å²) >= 11 is 0. The molecule has 0 unspecified atom stereocenters. The van der Waals surface area contributed by atoms with Crippen molar-refractivity contribution in [3.63, 3.8) is 0 Å². The monoisotopic (exact) mass is 120 g/mol. The minimum atomic E-state index is 0.750. The highest BCUT2D eigenvalue weighted by Crippen LogP contribution is 1.13. The summed E-state index contributed by atoms with van der Waals surface area (Å²) in [7, 11) is 5.25. The molecule has 0 rings (SSSR count). The molecule has 0 spiro atoms. The molecule has 52 valence electrons. The summed E-state index contributed by atoms with van der Waals surface area (Å²) in [6.45, 7) is 1.44. The zero-order chi connectivity index (χ0) is 7.41. The van der Waals surface area contributed by atoms with Crippen LogP contribution < -0.4 is 11.1 Å². The number of aldehydes is 1. The van der Waals surface area contributed by atoms with Crippen molar-refractivity contribution in [2.45, 2.75) is 6.92 Å². The quantitative estimate of drug-likeness (QED) is 0.428. The molecule has 3 nitrogen and oxygen atoms in total. The SMILES string of the molecule is CC=O.CN.CNC. The standard InChI is InChI=1S/C2H7N.C2H4O.CH5N/c1-3-2;1-2-3;1-2/h3H,1-2H3;2H,1H3;2H2,1H3. The molecule has 3 heteroatoms. The van der Waals surface area contributed by atoms with Gasteiger partial charge < -0.3 is 15.8 Å². The van der Waals surface area contributed by atoms with Crippen molar-refractivity contribution in [3.8, 4) is 0 Å². The van der Waals surface area contributed by atoms with E-state index in [0.29, 0.717) is 0 Å². The Morgan fingerprint density at radius 3 is 1.38 bits per heavy atom. The van der Waals surface area contributed by atoms with Gasteiger partial charge in [0.2, 0.25) is 0 Å². The van der Waals surface area contributed by atoms with E-state index in [1.807, 2.05) is 14.1 Å². The molecule has 8 heavy (non-hydrogen) atoms. The minimum absolute atomic E-state index is 0.750. The summed E-state index contributed by atoms with van der Waals surface area (Å²) in [6, 6.07) is 0. The van der Waals surface area contributed by atoms with Crippen LogP contribution in [0.15, 0.2) is 0 Å². The average molecular weight is 120 g/mol. The van der Waals surface area contributed by atoms with E-state index in [9.17, 15) is 0 Å². The summed E-state index contributed by atoms with van der Waals surface area (Å²) < 4.78 is 0. The normalized spacial score (nSPS) is 4.62. The fourth-order valence-corrected chi connectivity index (χ4v) is 0. The van der Waals surface area contributed by atoms with Gasteiger partial charge in [0, 0.05) is 0 Å². The molecule has 0 aliphatic carbocycles. The van der Waals surface area contributed by atoms with Gasteiger partial charge in [0.1, 0.15) is 6.29 Å². The molecule has 0 fully saturated rings. The van der Waals surface area contributed by atoms with Gasteiger partial charge in [-0.2, -0.15) is 0 Å². The third kappa shape index (κ3) is 701. The van der Waals surface area contributed by atoms with Crippen molar-refractivity contribution in [2.75, 3.05) is 21.1 Å². The number of hydrogen-bond acceptors (Lipinski definition) is 3. The second-order valence-electron chi connectivity index (χ2n) is 0.736. The van der Waals surface area contributed by atoms with E-state index in [-0.39, 0.29) is 0 Å². The lowest BCUT2D eigenvalue weighted by molar-refractivity contribution is -0.106. The lowest BCUT2D eigenvalue weighted by Crippen LogP contribution is -1.89. The molecular weight excluding hydrogens is 104 g/mol. The van der Waals surface area contributed by atoms with Gasteiger partial charge in [-0.05, 0) is 28.1 Å². The van der Waals surface area contributed by atoms with Crippen LogP contribution in [0.4, 0.5) is 0 Å². The van der Waals surface area contributed by atoms with Gasteiger partial charge in [-0.3, -0.25) is 0 Å². The zero-order valence-corrected chi connectivity index (χ0v) is 6.06. The number of nitrogens with one attached hydrogen (secondary N) is 1. The van der Waals surface area contributed by atoms with Gasteiger partial charge >= 0.3 is 0 Å². The maximum absolute atomic E-state index is 8.81. The van der Waals surface area contributed by atoms with Crippen molar-refractivity contribution in [1.29, 1.82) is 0 Å².